The molecule has 1 heterocycles. The summed E-state index contributed by atoms with van der Waals surface area (Å²) in [6.45, 7) is 4.39. The Balaban J connectivity index is 2.22. The molecule has 1 atom stereocenters. The van der Waals surface area contributed by atoms with Crippen LogP contribution in [0.2, 0.25) is 0 Å². The van der Waals surface area contributed by atoms with Gasteiger partial charge in [0.2, 0.25) is 0 Å². The first-order chi connectivity index (χ1) is 5.34. The molecule has 62 valence electrons. The molecule has 0 aliphatic carbocycles. The standard InChI is InChI=1S/C8H12O3/c1-2-5-11-8(9)7-4-3-6-10-7/h2,7H,1,3-6H2. The molecule has 0 spiro atoms. The second-order valence-corrected chi connectivity index (χ2v) is 2.42. The van der Waals surface area contributed by atoms with E-state index < -0.39 is 0 Å². The van der Waals surface area contributed by atoms with Gasteiger partial charge in [-0.1, -0.05) is 12.7 Å². The summed E-state index contributed by atoms with van der Waals surface area (Å²) in [6, 6.07) is 0. The van der Waals surface area contributed by atoms with E-state index in [1.165, 1.54) is 0 Å². The van der Waals surface area contributed by atoms with Crippen LogP contribution in [0.1, 0.15) is 12.8 Å². The maximum absolute atomic E-state index is 11.0. The van der Waals surface area contributed by atoms with Gasteiger partial charge in [0.05, 0.1) is 0 Å². The van der Waals surface area contributed by atoms with Gasteiger partial charge in [-0.05, 0) is 12.8 Å². The van der Waals surface area contributed by atoms with Crippen molar-refractivity contribution in [2.24, 2.45) is 0 Å². The number of carbonyl (C=O) groups is 1. The zero-order valence-electron chi connectivity index (χ0n) is 6.41. The van der Waals surface area contributed by atoms with Crippen molar-refractivity contribution in [1.29, 1.82) is 0 Å². The normalized spacial score (nSPS) is 23.1. The molecule has 1 unspecified atom stereocenters. The maximum atomic E-state index is 11.0. The van der Waals surface area contributed by atoms with Crippen LogP contribution in [0.3, 0.4) is 0 Å². The average molecular weight is 156 g/mol. The minimum Gasteiger partial charge on any atom is -0.460 e. The van der Waals surface area contributed by atoms with Gasteiger partial charge in [-0.25, -0.2) is 4.79 Å². The topological polar surface area (TPSA) is 35.5 Å². The van der Waals surface area contributed by atoms with Crippen LogP contribution < -0.4 is 0 Å². The molecule has 0 aromatic heterocycles. The second-order valence-electron chi connectivity index (χ2n) is 2.42. The third kappa shape index (κ3) is 2.35. The third-order valence-corrected chi connectivity index (χ3v) is 1.54. The van der Waals surface area contributed by atoms with Crippen LogP contribution in [0.25, 0.3) is 0 Å². The first kappa shape index (κ1) is 8.27. The Morgan fingerprint density at radius 2 is 2.64 bits per heavy atom. The predicted molar refractivity (Wildman–Crippen MR) is 40.1 cm³/mol. The van der Waals surface area contributed by atoms with E-state index in [0.717, 1.165) is 12.8 Å². The highest BCUT2D eigenvalue weighted by molar-refractivity contribution is 5.74. The molecule has 0 aromatic rings. The van der Waals surface area contributed by atoms with Crippen LogP contribution in [0.4, 0.5) is 0 Å². The van der Waals surface area contributed by atoms with Crippen LogP contribution in [-0.2, 0) is 14.3 Å². The fraction of sp³-hybridized carbons (Fsp3) is 0.625. The van der Waals surface area contributed by atoms with E-state index in [1.54, 1.807) is 6.08 Å². The summed E-state index contributed by atoms with van der Waals surface area (Å²) >= 11 is 0. The summed E-state index contributed by atoms with van der Waals surface area (Å²) in [7, 11) is 0. The molecule has 0 aromatic carbocycles. The first-order valence-electron chi connectivity index (χ1n) is 3.73. The highest BCUT2D eigenvalue weighted by Gasteiger charge is 2.24. The smallest absolute Gasteiger partial charge is 0.335 e. The molecule has 3 nitrogen and oxygen atoms in total. The van der Waals surface area contributed by atoms with Gasteiger partial charge in [-0.3, -0.25) is 0 Å². The zero-order chi connectivity index (χ0) is 8.10. The monoisotopic (exact) mass is 156 g/mol. The molecule has 1 rings (SSSR count). The molecule has 11 heavy (non-hydrogen) atoms. The van der Waals surface area contributed by atoms with Crippen molar-refractivity contribution in [2.45, 2.75) is 18.9 Å². The molecule has 0 N–H and O–H groups in total. The Bertz CT molecular complexity index is 147. The van der Waals surface area contributed by atoms with E-state index in [0.29, 0.717) is 6.61 Å². The summed E-state index contributed by atoms with van der Waals surface area (Å²) in [6.07, 6.45) is 2.96. The average Bonchev–Trinajstić information content (AvgIpc) is 2.52. The lowest BCUT2D eigenvalue weighted by Gasteiger charge is -2.06. The Kier molecular flexibility index (Phi) is 3.11. The highest BCUT2D eigenvalue weighted by Crippen LogP contribution is 2.12. The number of ether oxygens (including phenoxy) is 2. The zero-order valence-corrected chi connectivity index (χ0v) is 6.41. The highest BCUT2D eigenvalue weighted by atomic mass is 16.6. The number of hydrogen-bond donors (Lipinski definition) is 0. The van der Waals surface area contributed by atoms with E-state index in [9.17, 15) is 4.79 Å². The molecule has 1 aliphatic heterocycles. The van der Waals surface area contributed by atoms with Crippen molar-refractivity contribution in [1.82, 2.24) is 0 Å². The number of carbonyl (C=O) groups excluding carboxylic acids is 1. The van der Waals surface area contributed by atoms with Gasteiger partial charge in [0.25, 0.3) is 0 Å². The Labute approximate surface area is 66.0 Å². The third-order valence-electron chi connectivity index (χ3n) is 1.54. The maximum Gasteiger partial charge on any atom is 0.335 e. The van der Waals surface area contributed by atoms with Gasteiger partial charge < -0.3 is 9.47 Å². The van der Waals surface area contributed by atoms with Gasteiger partial charge in [-0.15, -0.1) is 0 Å². The summed E-state index contributed by atoms with van der Waals surface area (Å²) in [5.41, 5.74) is 0. The van der Waals surface area contributed by atoms with E-state index in [-0.39, 0.29) is 18.7 Å². The lowest BCUT2D eigenvalue weighted by Crippen LogP contribution is -2.22. The lowest BCUT2D eigenvalue weighted by atomic mass is 10.2. The largest absolute Gasteiger partial charge is 0.460 e. The van der Waals surface area contributed by atoms with Gasteiger partial charge in [0.1, 0.15) is 6.61 Å². The molecule has 0 bridgehead atoms. The van der Waals surface area contributed by atoms with Crippen LogP contribution in [0, 0.1) is 0 Å². The van der Waals surface area contributed by atoms with Gasteiger partial charge in [0.15, 0.2) is 6.10 Å². The Hall–Kier alpha value is -0.830. The van der Waals surface area contributed by atoms with E-state index >= 15 is 0 Å². The Morgan fingerprint density at radius 3 is 3.18 bits per heavy atom. The van der Waals surface area contributed by atoms with Crippen molar-refractivity contribution in [3.8, 4) is 0 Å². The van der Waals surface area contributed by atoms with E-state index in [4.69, 9.17) is 9.47 Å². The lowest BCUT2D eigenvalue weighted by molar-refractivity contribution is -0.152. The van der Waals surface area contributed by atoms with Crippen molar-refractivity contribution in [3.05, 3.63) is 12.7 Å². The minimum absolute atomic E-state index is 0.262. The molecule has 0 amide bonds. The van der Waals surface area contributed by atoms with Crippen molar-refractivity contribution in [3.63, 3.8) is 0 Å². The quantitative estimate of drug-likeness (QED) is 0.449. The van der Waals surface area contributed by atoms with Crippen LogP contribution in [0.5, 0.6) is 0 Å². The van der Waals surface area contributed by atoms with Crippen LogP contribution >= 0.6 is 0 Å². The summed E-state index contributed by atoms with van der Waals surface area (Å²) in [5, 5.41) is 0. The number of esters is 1. The number of hydrogen-bond acceptors (Lipinski definition) is 3. The van der Waals surface area contributed by atoms with E-state index in [2.05, 4.69) is 6.58 Å². The molecule has 1 aliphatic rings. The van der Waals surface area contributed by atoms with Crippen molar-refractivity contribution >= 4 is 5.97 Å². The fourth-order valence-electron chi connectivity index (χ4n) is 0.998. The van der Waals surface area contributed by atoms with Crippen LogP contribution in [0.15, 0.2) is 12.7 Å². The van der Waals surface area contributed by atoms with E-state index in [1.807, 2.05) is 0 Å². The summed E-state index contributed by atoms with van der Waals surface area (Å²) < 4.78 is 9.90. The molecule has 3 heteroatoms. The summed E-state index contributed by atoms with van der Waals surface area (Å²) in [4.78, 5) is 11.0. The number of rotatable bonds is 3. The predicted octanol–water partition coefficient (Wildman–Crippen LogP) is 0.895. The second kappa shape index (κ2) is 4.13. The summed E-state index contributed by atoms with van der Waals surface area (Å²) in [5.74, 6) is -0.262. The molecule has 0 saturated carbocycles. The van der Waals surface area contributed by atoms with Crippen molar-refractivity contribution < 1.29 is 14.3 Å². The SMILES string of the molecule is C=CCOC(=O)C1CCCO1. The molecule has 0 radical (unpaired) electrons. The first-order valence-corrected chi connectivity index (χ1v) is 3.73. The van der Waals surface area contributed by atoms with Gasteiger partial charge in [0, 0.05) is 6.61 Å². The Morgan fingerprint density at radius 1 is 1.82 bits per heavy atom. The van der Waals surface area contributed by atoms with Gasteiger partial charge in [-0.2, -0.15) is 0 Å². The molecular formula is C8H12O3. The minimum atomic E-state index is -0.324. The van der Waals surface area contributed by atoms with Crippen LogP contribution in [-0.4, -0.2) is 25.3 Å². The van der Waals surface area contributed by atoms with Gasteiger partial charge >= 0.3 is 5.97 Å². The molecule has 1 fully saturated rings. The fourth-order valence-corrected chi connectivity index (χ4v) is 0.998. The molecule has 1 saturated heterocycles. The molecular weight excluding hydrogens is 144 g/mol. The van der Waals surface area contributed by atoms with Crippen molar-refractivity contribution in [2.75, 3.05) is 13.2 Å².